The third kappa shape index (κ3) is 4.53. The van der Waals surface area contributed by atoms with E-state index in [0.717, 1.165) is 24.1 Å². The molecular formula is C16H28N2O2S. The molecule has 0 atom stereocenters. The van der Waals surface area contributed by atoms with Gasteiger partial charge in [-0.25, -0.2) is 8.42 Å². The average Bonchev–Trinajstić information content (AvgIpc) is 2.40. The van der Waals surface area contributed by atoms with Crippen LogP contribution in [0.3, 0.4) is 0 Å². The number of benzene rings is 1. The van der Waals surface area contributed by atoms with Crippen LogP contribution in [0.2, 0.25) is 0 Å². The molecule has 4 nitrogen and oxygen atoms in total. The van der Waals surface area contributed by atoms with Gasteiger partial charge in [-0.1, -0.05) is 19.9 Å². The van der Waals surface area contributed by atoms with Crippen molar-refractivity contribution in [1.82, 2.24) is 9.62 Å². The van der Waals surface area contributed by atoms with Gasteiger partial charge in [-0.2, -0.15) is 4.31 Å². The Labute approximate surface area is 129 Å². The zero-order chi connectivity index (χ0) is 16.0. The molecule has 0 unspecified atom stereocenters. The van der Waals surface area contributed by atoms with Gasteiger partial charge < -0.3 is 5.32 Å². The Hall–Kier alpha value is -0.910. The van der Waals surface area contributed by atoms with Crippen LogP contribution in [0, 0.1) is 6.92 Å². The lowest BCUT2D eigenvalue weighted by Gasteiger charge is -2.24. The molecule has 0 aliphatic carbocycles. The van der Waals surface area contributed by atoms with E-state index >= 15 is 0 Å². The molecule has 21 heavy (non-hydrogen) atoms. The first kappa shape index (κ1) is 18.1. The van der Waals surface area contributed by atoms with E-state index < -0.39 is 10.0 Å². The molecule has 1 rings (SSSR count). The number of rotatable bonds is 8. The predicted octanol–water partition coefficient (Wildman–Crippen LogP) is 2.91. The lowest BCUT2D eigenvalue weighted by Crippen LogP contribution is -2.36. The van der Waals surface area contributed by atoms with Crippen molar-refractivity contribution >= 4 is 10.0 Å². The van der Waals surface area contributed by atoms with E-state index in [2.05, 4.69) is 12.2 Å². The van der Waals surface area contributed by atoms with Crippen molar-refractivity contribution in [2.24, 2.45) is 0 Å². The summed E-state index contributed by atoms with van der Waals surface area (Å²) in [5.41, 5.74) is 2.16. The summed E-state index contributed by atoms with van der Waals surface area (Å²) in [6.07, 6.45) is 1.06. The molecule has 1 aromatic carbocycles. The van der Waals surface area contributed by atoms with Gasteiger partial charge in [0.1, 0.15) is 0 Å². The van der Waals surface area contributed by atoms with Crippen molar-refractivity contribution < 1.29 is 8.42 Å². The molecule has 0 bridgehead atoms. The van der Waals surface area contributed by atoms with Crippen molar-refractivity contribution in [1.29, 1.82) is 0 Å². The molecule has 0 heterocycles. The molecular weight excluding hydrogens is 284 g/mol. The third-order valence-electron chi connectivity index (χ3n) is 3.56. The van der Waals surface area contributed by atoms with Crippen molar-refractivity contribution in [2.45, 2.75) is 58.5 Å². The Morgan fingerprint density at radius 1 is 1.24 bits per heavy atom. The number of nitrogens with zero attached hydrogens (tertiary/aromatic N) is 1. The highest BCUT2D eigenvalue weighted by molar-refractivity contribution is 7.89. The van der Waals surface area contributed by atoms with Gasteiger partial charge in [-0.3, -0.25) is 0 Å². The van der Waals surface area contributed by atoms with E-state index in [1.165, 1.54) is 4.31 Å². The van der Waals surface area contributed by atoms with Crippen LogP contribution in [0.4, 0.5) is 0 Å². The first-order valence-corrected chi connectivity index (χ1v) is 9.10. The lowest BCUT2D eigenvalue weighted by molar-refractivity contribution is 0.369. The van der Waals surface area contributed by atoms with Crippen LogP contribution in [0.1, 0.15) is 45.2 Å². The summed E-state index contributed by atoms with van der Waals surface area (Å²) in [6, 6.07) is 5.37. The van der Waals surface area contributed by atoms with E-state index in [1.54, 1.807) is 12.1 Å². The minimum Gasteiger partial charge on any atom is -0.313 e. The lowest BCUT2D eigenvalue weighted by atomic mass is 10.1. The number of sulfonamides is 1. The molecule has 0 saturated heterocycles. The standard InChI is InChI=1S/C16H28N2O2S/c1-6-10-17-12-15-11-16(9-8-14(15)5)21(19,20)18(7-2)13(3)4/h8-9,11,13,17H,6-7,10,12H2,1-5H3. The van der Waals surface area contributed by atoms with Gasteiger partial charge in [0.25, 0.3) is 0 Å². The monoisotopic (exact) mass is 312 g/mol. The van der Waals surface area contributed by atoms with Crippen LogP contribution in [0.15, 0.2) is 23.1 Å². The Bertz CT molecular complexity index is 553. The highest BCUT2D eigenvalue weighted by atomic mass is 32.2. The summed E-state index contributed by atoms with van der Waals surface area (Å²) >= 11 is 0. The second kappa shape index (κ2) is 7.92. The largest absolute Gasteiger partial charge is 0.313 e. The van der Waals surface area contributed by atoms with E-state index in [-0.39, 0.29) is 6.04 Å². The smallest absolute Gasteiger partial charge is 0.243 e. The molecule has 0 aliphatic heterocycles. The summed E-state index contributed by atoms with van der Waals surface area (Å²) in [5.74, 6) is 0. The molecule has 0 spiro atoms. The SMILES string of the molecule is CCCNCc1cc(S(=O)(=O)N(CC)C(C)C)ccc1C. The molecule has 1 aromatic rings. The minimum atomic E-state index is -3.41. The summed E-state index contributed by atoms with van der Waals surface area (Å²) in [7, 11) is -3.41. The Kier molecular flexibility index (Phi) is 6.84. The molecule has 0 saturated carbocycles. The molecule has 1 N–H and O–H groups in total. The Balaban J connectivity index is 3.10. The highest BCUT2D eigenvalue weighted by Crippen LogP contribution is 2.21. The summed E-state index contributed by atoms with van der Waals surface area (Å²) in [6.45, 7) is 11.9. The van der Waals surface area contributed by atoms with Gasteiger partial charge in [0.2, 0.25) is 10.0 Å². The zero-order valence-corrected chi connectivity index (χ0v) is 14.6. The van der Waals surface area contributed by atoms with Gasteiger partial charge in [-0.15, -0.1) is 0 Å². The summed E-state index contributed by atoms with van der Waals surface area (Å²) in [4.78, 5) is 0.386. The summed E-state index contributed by atoms with van der Waals surface area (Å²) < 4.78 is 26.9. The van der Waals surface area contributed by atoms with Crippen molar-refractivity contribution in [2.75, 3.05) is 13.1 Å². The van der Waals surface area contributed by atoms with Crippen LogP contribution in [0.5, 0.6) is 0 Å². The highest BCUT2D eigenvalue weighted by Gasteiger charge is 2.25. The van der Waals surface area contributed by atoms with Crippen LogP contribution < -0.4 is 5.32 Å². The van der Waals surface area contributed by atoms with Crippen molar-refractivity contribution in [3.63, 3.8) is 0 Å². The molecule has 0 fully saturated rings. The van der Waals surface area contributed by atoms with E-state index in [4.69, 9.17) is 0 Å². The van der Waals surface area contributed by atoms with Crippen LogP contribution >= 0.6 is 0 Å². The number of hydrogen-bond donors (Lipinski definition) is 1. The van der Waals surface area contributed by atoms with Crippen molar-refractivity contribution in [3.8, 4) is 0 Å². The van der Waals surface area contributed by atoms with E-state index in [0.29, 0.717) is 18.0 Å². The maximum absolute atomic E-state index is 12.7. The minimum absolute atomic E-state index is 0.0389. The van der Waals surface area contributed by atoms with Gasteiger partial charge in [0, 0.05) is 19.1 Å². The Morgan fingerprint density at radius 2 is 1.90 bits per heavy atom. The molecule has 5 heteroatoms. The van der Waals surface area contributed by atoms with Crippen LogP contribution in [0.25, 0.3) is 0 Å². The fourth-order valence-electron chi connectivity index (χ4n) is 2.35. The quantitative estimate of drug-likeness (QED) is 0.751. The normalized spacial score (nSPS) is 12.3. The topological polar surface area (TPSA) is 49.4 Å². The molecule has 0 aromatic heterocycles. The van der Waals surface area contributed by atoms with Gasteiger partial charge in [0.15, 0.2) is 0 Å². The first-order valence-electron chi connectivity index (χ1n) is 7.66. The fraction of sp³-hybridized carbons (Fsp3) is 0.625. The predicted molar refractivity (Wildman–Crippen MR) is 87.9 cm³/mol. The maximum atomic E-state index is 12.7. The number of aryl methyl sites for hydroxylation is 1. The maximum Gasteiger partial charge on any atom is 0.243 e. The number of hydrogen-bond acceptors (Lipinski definition) is 3. The van der Waals surface area contributed by atoms with Crippen LogP contribution in [-0.4, -0.2) is 31.9 Å². The first-order chi connectivity index (χ1) is 9.84. The van der Waals surface area contributed by atoms with Crippen LogP contribution in [-0.2, 0) is 16.6 Å². The van der Waals surface area contributed by atoms with Gasteiger partial charge in [0.05, 0.1) is 4.90 Å². The second-order valence-electron chi connectivity index (χ2n) is 5.57. The molecule has 0 radical (unpaired) electrons. The average molecular weight is 312 g/mol. The van der Waals surface area contributed by atoms with Gasteiger partial charge in [-0.05, 0) is 57.0 Å². The molecule has 0 amide bonds. The fourth-order valence-corrected chi connectivity index (χ4v) is 4.04. The van der Waals surface area contributed by atoms with Gasteiger partial charge >= 0.3 is 0 Å². The number of nitrogens with one attached hydrogen (secondary N) is 1. The molecule has 120 valence electrons. The summed E-state index contributed by atoms with van der Waals surface area (Å²) in [5, 5.41) is 3.33. The Morgan fingerprint density at radius 3 is 2.43 bits per heavy atom. The van der Waals surface area contributed by atoms with E-state index in [9.17, 15) is 8.42 Å². The van der Waals surface area contributed by atoms with E-state index in [1.807, 2.05) is 33.8 Å². The second-order valence-corrected chi connectivity index (χ2v) is 7.46. The third-order valence-corrected chi connectivity index (χ3v) is 5.70. The van der Waals surface area contributed by atoms with Crippen molar-refractivity contribution in [3.05, 3.63) is 29.3 Å². The zero-order valence-electron chi connectivity index (χ0n) is 13.8. The molecule has 0 aliphatic rings.